The predicted octanol–water partition coefficient (Wildman–Crippen LogP) is 1.68. The normalized spacial score (nSPS) is 21.3. The average Bonchev–Trinajstić information content (AvgIpc) is 3.27. The second-order valence-corrected chi connectivity index (χ2v) is 7.35. The number of ether oxygens (including phenoxy) is 1. The van der Waals surface area contributed by atoms with Gasteiger partial charge >= 0.3 is 0 Å². The van der Waals surface area contributed by atoms with Crippen LogP contribution in [0.2, 0.25) is 5.02 Å². The molecule has 26 heavy (non-hydrogen) atoms. The molecule has 0 radical (unpaired) electrons. The smallest absolute Gasteiger partial charge is 0.242 e. The van der Waals surface area contributed by atoms with Crippen LogP contribution in [0.25, 0.3) is 0 Å². The van der Waals surface area contributed by atoms with Crippen LogP contribution in [0.4, 0.5) is 5.95 Å². The minimum absolute atomic E-state index is 0.0562. The number of piperidine rings is 1. The Bertz CT molecular complexity index is 793. The highest BCUT2D eigenvalue weighted by atomic mass is 35.5. The number of anilines is 1. The summed E-state index contributed by atoms with van der Waals surface area (Å²) in [7, 11) is 1.60. The first kappa shape index (κ1) is 17.1. The van der Waals surface area contributed by atoms with Crippen molar-refractivity contribution in [3.8, 4) is 5.75 Å². The number of nitrogens with one attached hydrogen (secondary N) is 2. The number of halogens is 1. The van der Waals surface area contributed by atoms with Gasteiger partial charge in [0.15, 0.2) is 0 Å². The van der Waals surface area contributed by atoms with Crippen LogP contribution >= 0.6 is 11.6 Å². The van der Waals surface area contributed by atoms with E-state index in [1.54, 1.807) is 13.2 Å². The highest BCUT2D eigenvalue weighted by Gasteiger charge is 2.53. The quantitative estimate of drug-likeness (QED) is 0.824. The van der Waals surface area contributed by atoms with Gasteiger partial charge in [0.1, 0.15) is 5.75 Å². The van der Waals surface area contributed by atoms with Crippen molar-refractivity contribution in [2.75, 3.05) is 25.1 Å². The molecule has 1 atom stereocenters. The molecule has 0 unspecified atom stereocenters. The van der Waals surface area contributed by atoms with E-state index in [-0.39, 0.29) is 11.9 Å². The first-order valence-corrected chi connectivity index (χ1v) is 9.14. The molecule has 2 aromatic rings. The number of aromatic nitrogens is 4. The molecule has 9 heteroatoms. The van der Waals surface area contributed by atoms with Crippen LogP contribution in [0.5, 0.6) is 5.75 Å². The molecule has 0 bridgehead atoms. The Morgan fingerprint density at radius 1 is 1.46 bits per heavy atom. The van der Waals surface area contributed by atoms with E-state index in [1.807, 2.05) is 12.1 Å². The summed E-state index contributed by atoms with van der Waals surface area (Å²) in [6.07, 6.45) is 3.55. The van der Waals surface area contributed by atoms with Gasteiger partial charge < -0.3 is 15.0 Å². The standard InChI is InChI=1S/C17H21ClN6O2/c1-26-14-9-11(18)4-5-13(14)17(6-7-17)15(25)19-12-3-2-8-24(10-12)16-20-22-23-21-16/h4-5,9,12H,2-3,6-8,10H2,1H3,(H,19,25)(H,20,21,22,23)/t12-/m1/s1. The van der Waals surface area contributed by atoms with Crippen molar-refractivity contribution in [2.24, 2.45) is 0 Å². The molecule has 1 aliphatic heterocycles. The second kappa shape index (κ2) is 6.75. The maximum absolute atomic E-state index is 13.1. The summed E-state index contributed by atoms with van der Waals surface area (Å²) < 4.78 is 5.46. The average molecular weight is 377 g/mol. The third-order valence-electron chi connectivity index (χ3n) is 5.25. The largest absolute Gasteiger partial charge is 0.496 e. The molecular weight excluding hydrogens is 356 g/mol. The van der Waals surface area contributed by atoms with Gasteiger partial charge in [-0.25, -0.2) is 5.10 Å². The number of hydrogen-bond acceptors (Lipinski definition) is 6. The number of carbonyl (C=O) groups is 1. The van der Waals surface area contributed by atoms with Crippen LogP contribution in [0.1, 0.15) is 31.2 Å². The van der Waals surface area contributed by atoms with E-state index >= 15 is 0 Å². The van der Waals surface area contributed by atoms with Gasteiger partial charge in [-0.15, -0.1) is 0 Å². The van der Waals surface area contributed by atoms with Gasteiger partial charge in [0.05, 0.1) is 12.5 Å². The Hall–Kier alpha value is -2.35. The summed E-state index contributed by atoms with van der Waals surface area (Å²) >= 11 is 6.06. The minimum Gasteiger partial charge on any atom is -0.496 e. The molecule has 1 saturated heterocycles. The molecule has 2 N–H and O–H groups in total. The molecule has 1 amide bonds. The fourth-order valence-electron chi connectivity index (χ4n) is 3.70. The minimum atomic E-state index is -0.508. The number of benzene rings is 1. The summed E-state index contributed by atoms with van der Waals surface area (Å²) in [6.45, 7) is 1.57. The van der Waals surface area contributed by atoms with Gasteiger partial charge in [-0.2, -0.15) is 0 Å². The summed E-state index contributed by atoms with van der Waals surface area (Å²) in [5.74, 6) is 1.37. The SMILES string of the molecule is COc1cc(Cl)ccc1C1(C(=O)N[C@@H]2CCCN(c3nnn[nH]3)C2)CC1. The molecule has 2 aliphatic rings. The summed E-state index contributed by atoms with van der Waals surface area (Å²) in [5, 5.41) is 17.8. The summed E-state index contributed by atoms with van der Waals surface area (Å²) in [6, 6.07) is 5.55. The highest BCUT2D eigenvalue weighted by Crippen LogP contribution is 2.52. The maximum Gasteiger partial charge on any atom is 0.242 e. The van der Waals surface area contributed by atoms with Gasteiger partial charge in [-0.3, -0.25) is 4.79 Å². The van der Waals surface area contributed by atoms with E-state index in [2.05, 4.69) is 30.8 Å². The third-order valence-corrected chi connectivity index (χ3v) is 5.49. The number of tetrazole rings is 1. The number of hydrogen-bond donors (Lipinski definition) is 2. The number of amides is 1. The van der Waals surface area contributed by atoms with E-state index in [0.717, 1.165) is 37.8 Å². The molecule has 4 rings (SSSR count). The second-order valence-electron chi connectivity index (χ2n) is 6.91. The molecule has 1 aliphatic carbocycles. The maximum atomic E-state index is 13.1. The number of methoxy groups -OCH3 is 1. The number of carbonyl (C=O) groups excluding carboxylic acids is 1. The lowest BCUT2D eigenvalue weighted by molar-refractivity contribution is -0.124. The zero-order valence-corrected chi connectivity index (χ0v) is 15.3. The number of nitrogens with zero attached hydrogens (tertiary/aromatic N) is 4. The molecule has 2 fully saturated rings. The van der Waals surface area contributed by atoms with Gasteiger partial charge in [-0.1, -0.05) is 22.8 Å². The summed E-state index contributed by atoms with van der Waals surface area (Å²) in [4.78, 5) is 15.1. The predicted molar refractivity (Wildman–Crippen MR) is 96.5 cm³/mol. The van der Waals surface area contributed by atoms with Crippen LogP contribution < -0.4 is 15.0 Å². The lowest BCUT2D eigenvalue weighted by atomic mass is 9.93. The molecular formula is C17H21ClN6O2. The Labute approximate surface area is 156 Å². The van der Waals surface area contributed by atoms with Crippen molar-refractivity contribution in [2.45, 2.75) is 37.1 Å². The van der Waals surface area contributed by atoms with E-state index in [0.29, 0.717) is 23.3 Å². The molecule has 2 heterocycles. The third kappa shape index (κ3) is 3.09. The van der Waals surface area contributed by atoms with Crippen LogP contribution in [0.3, 0.4) is 0 Å². The van der Waals surface area contributed by atoms with E-state index in [9.17, 15) is 4.79 Å². The monoisotopic (exact) mass is 376 g/mol. The molecule has 1 saturated carbocycles. The fourth-order valence-corrected chi connectivity index (χ4v) is 3.87. The van der Waals surface area contributed by atoms with Crippen LogP contribution in [-0.2, 0) is 10.2 Å². The van der Waals surface area contributed by atoms with Gasteiger partial charge in [0, 0.05) is 29.7 Å². The van der Waals surface area contributed by atoms with Gasteiger partial charge in [-0.05, 0) is 48.2 Å². The first-order chi connectivity index (χ1) is 12.6. The molecule has 138 valence electrons. The number of H-pyrrole nitrogens is 1. The number of aromatic amines is 1. The van der Waals surface area contributed by atoms with E-state index in [4.69, 9.17) is 16.3 Å². The Kier molecular flexibility index (Phi) is 4.44. The molecule has 1 aromatic carbocycles. The first-order valence-electron chi connectivity index (χ1n) is 8.76. The van der Waals surface area contributed by atoms with Crippen molar-refractivity contribution < 1.29 is 9.53 Å². The highest BCUT2D eigenvalue weighted by molar-refractivity contribution is 6.30. The zero-order chi connectivity index (χ0) is 18.1. The van der Waals surface area contributed by atoms with Crippen molar-refractivity contribution in [3.05, 3.63) is 28.8 Å². The van der Waals surface area contributed by atoms with Crippen molar-refractivity contribution >= 4 is 23.5 Å². The lowest BCUT2D eigenvalue weighted by Gasteiger charge is -2.33. The Morgan fingerprint density at radius 2 is 2.31 bits per heavy atom. The van der Waals surface area contributed by atoms with E-state index < -0.39 is 5.41 Å². The molecule has 0 spiro atoms. The van der Waals surface area contributed by atoms with Crippen molar-refractivity contribution in [1.82, 2.24) is 25.9 Å². The fraction of sp³-hybridized carbons (Fsp3) is 0.529. The summed E-state index contributed by atoms with van der Waals surface area (Å²) in [5.41, 5.74) is 0.403. The molecule has 1 aromatic heterocycles. The number of rotatable bonds is 5. The van der Waals surface area contributed by atoms with Crippen molar-refractivity contribution in [3.63, 3.8) is 0 Å². The van der Waals surface area contributed by atoms with E-state index in [1.165, 1.54) is 0 Å². The Balaban J connectivity index is 1.48. The Morgan fingerprint density at radius 3 is 3.00 bits per heavy atom. The molecule has 8 nitrogen and oxygen atoms in total. The zero-order valence-electron chi connectivity index (χ0n) is 14.5. The van der Waals surface area contributed by atoms with Gasteiger partial charge in [0.25, 0.3) is 0 Å². The lowest BCUT2D eigenvalue weighted by Crippen LogP contribution is -2.50. The van der Waals surface area contributed by atoms with Crippen molar-refractivity contribution in [1.29, 1.82) is 0 Å². The van der Waals surface area contributed by atoms with Crippen LogP contribution in [0.15, 0.2) is 18.2 Å². The van der Waals surface area contributed by atoms with Gasteiger partial charge in [0.2, 0.25) is 11.9 Å². The van der Waals surface area contributed by atoms with Crippen LogP contribution in [0, 0.1) is 0 Å². The topological polar surface area (TPSA) is 96.0 Å². The van der Waals surface area contributed by atoms with Crippen LogP contribution in [-0.4, -0.2) is 52.8 Å².